The molecule has 3 nitrogen and oxygen atoms in total. The minimum absolute atomic E-state index is 0.0583. The minimum atomic E-state index is -0.689. The quantitative estimate of drug-likeness (QED) is 0.757. The third kappa shape index (κ3) is 4.26. The Balaban J connectivity index is 2.35. The Morgan fingerprint density at radius 1 is 1.21 bits per heavy atom. The molecule has 1 aromatic carbocycles. The maximum Gasteiger partial charge on any atom is 0.491 e. The van der Waals surface area contributed by atoms with Crippen molar-refractivity contribution in [3.8, 4) is 0 Å². The van der Waals surface area contributed by atoms with Crippen LogP contribution in [0.2, 0.25) is 0 Å². The average molecular weight is 354 g/mol. The molecule has 130 valence electrons. The van der Waals surface area contributed by atoms with E-state index < -0.39 is 30.0 Å². The summed E-state index contributed by atoms with van der Waals surface area (Å²) in [5, 5.41) is -0.0583. The van der Waals surface area contributed by atoms with Crippen molar-refractivity contribution in [1.82, 2.24) is 0 Å². The number of halogens is 2. The summed E-state index contributed by atoms with van der Waals surface area (Å²) in [6, 6.07) is 3.37. The summed E-state index contributed by atoms with van der Waals surface area (Å²) in [5.41, 5.74) is -0.234. The molecule has 1 fully saturated rings. The first-order valence-corrected chi connectivity index (χ1v) is 8.65. The van der Waals surface area contributed by atoms with E-state index in [2.05, 4.69) is 0 Å². The van der Waals surface area contributed by atoms with Gasteiger partial charge in [0, 0.05) is 24.3 Å². The molecule has 7 heteroatoms. The summed E-state index contributed by atoms with van der Waals surface area (Å²) < 4.78 is 39.0. The third-order valence-electron chi connectivity index (χ3n) is 4.30. The van der Waals surface area contributed by atoms with Crippen molar-refractivity contribution in [2.45, 2.75) is 45.8 Å². The molecule has 0 N–H and O–H groups in total. The van der Waals surface area contributed by atoms with Gasteiger partial charge in [-0.1, -0.05) is 17.8 Å². The van der Waals surface area contributed by atoms with Crippen molar-refractivity contribution in [2.75, 3.05) is 5.75 Å². The van der Waals surface area contributed by atoms with E-state index in [1.165, 1.54) is 19.1 Å². The smallest absolute Gasteiger partial charge is 0.400 e. The maximum atomic E-state index is 14.0. The Morgan fingerprint density at radius 2 is 1.79 bits per heavy atom. The van der Waals surface area contributed by atoms with Crippen molar-refractivity contribution in [3.63, 3.8) is 0 Å². The molecule has 1 aromatic rings. The molecule has 0 unspecified atom stereocenters. The monoisotopic (exact) mass is 354 g/mol. The zero-order valence-electron chi connectivity index (χ0n) is 14.5. The Labute approximate surface area is 145 Å². The molecule has 24 heavy (non-hydrogen) atoms. The van der Waals surface area contributed by atoms with Gasteiger partial charge in [0.2, 0.25) is 0 Å². The number of hydrogen-bond donors (Lipinski definition) is 0. The highest BCUT2D eigenvalue weighted by Crippen LogP contribution is 2.39. The molecular weight excluding hydrogens is 333 g/mol. The van der Waals surface area contributed by atoms with Crippen molar-refractivity contribution in [3.05, 3.63) is 40.9 Å². The van der Waals surface area contributed by atoms with Gasteiger partial charge in [-0.05, 0) is 45.3 Å². The zero-order chi connectivity index (χ0) is 18.1. The van der Waals surface area contributed by atoms with Crippen molar-refractivity contribution < 1.29 is 22.9 Å². The summed E-state index contributed by atoms with van der Waals surface area (Å²) in [4.78, 5) is 11.3. The molecule has 0 amide bonds. The Kier molecular flexibility index (Phi) is 5.57. The standard InChI is InChI=1S/C17H21BF2O3S/c1-11(21)24-10-13(8-12-6-7-14(19)9-15(12)20)18-22-16(2,3)17(4,5)23-18/h6-9H,10H2,1-5H3. The molecule has 0 bridgehead atoms. The van der Waals surface area contributed by atoms with Gasteiger partial charge in [0.15, 0.2) is 5.12 Å². The number of carbonyl (C=O) groups is 1. The van der Waals surface area contributed by atoms with Crippen LogP contribution in [0.25, 0.3) is 6.08 Å². The van der Waals surface area contributed by atoms with Crippen LogP contribution in [0.1, 0.15) is 40.2 Å². The molecule has 0 spiro atoms. The lowest BCUT2D eigenvalue weighted by molar-refractivity contribution is -0.109. The van der Waals surface area contributed by atoms with Crippen LogP contribution in [0.15, 0.2) is 23.7 Å². The average Bonchev–Trinajstić information content (AvgIpc) is 2.65. The van der Waals surface area contributed by atoms with Gasteiger partial charge in [0.1, 0.15) is 11.6 Å². The van der Waals surface area contributed by atoms with Crippen LogP contribution in [-0.2, 0) is 14.1 Å². The first-order valence-electron chi connectivity index (χ1n) is 7.66. The van der Waals surface area contributed by atoms with E-state index in [1.807, 2.05) is 27.7 Å². The number of rotatable bonds is 4. The second-order valence-corrected chi connectivity index (χ2v) is 7.91. The molecule has 1 aliphatic heterocycles. The second-order valence-electron chi connectivity index (χ2n) is 6.75. The lowest BCUT2D eigenvalue weighted by Gasteiger charge is -2.32. The summed E-state index contributed by atoms with van der Waals surface area (Å²) >= 11 is 1.09. The van der Waals surface area contributed by atoms with Gasteiger partial charge in [-0.25, -0.2) is 8.78 Å². The molecule has 0 radical (unpaired) electrons. The van der Waals surface area contributed by atoms with Gasteiger partial charge in [0.05, 0.1) is 11.2 Å². The largest absolute Gasteiger partial charge is 0.491 e. The lowest BCUT2D eigenvalue weighted by Crippen LogP contribution is -2.41. The van der Waals surface area contributed by atoms with Crippen LogP contribution >= 0.6 is 11.8 Å². The number of hydrogen-bond acceptors (Lipinski definition) is 4. The van der Waals surface area contributed by atoms with Crippen molar-refractivity contribution in [2.24, 2.45) is 0 Å². The fourth-order valence-electron chi connectivity index (χ4n) is 2.18. The number of carbonyl (C=O) groups excluding carboxylic acids is 1. The highest BCUT2D eigenvalue weighted by atomic mass is 32.2. The number of thioether (sulfide) groups is 1. The second kappa shape index (κ2) is 6.98. The van der Waals surface area contributed by atoms with E-state index in [1.54, 1.807) is 6.08 Å². The van der Waals surface area contributed by atoms with Gasteiger partial charge in [-0.2, -0.15) is 0 Å². The summed E-state index contributed by atoms with van der Waals surface area (Å²) in [7, 11) is -0.689. The van der Waals surface area contributed by atoms with Gasteiger partial charge in [0.25, 0.3) is 0 Å². The fraction of sp³-hybridized carbons (Fsp3) is 0.471. The zero-order valence-corrected chi connectivity index (χ0v) is 15.3. The first kappa shape index (κ1) is 19.2. The summed E-state index contributed by atoms with van der Waals surface area (Å²) in [6.07, 6.45) is 1.56. The summed E-state index contributed by atoms with van der Waals surface area (Å²) in [6.45, 7) is 9.13. The van der Waals surface area contributed by atoms with Gasteiger partial charge >= 0.3 is 7.12 Å². The fourth-order valence-corrected chi connectivity index (χ4v) is 2.76. The predicted molar refractivity (Wildman–Crippen MR) is 93.6 cm³/mol. The molecule has 0 atom stereocenters. The predicted octanol–water partition coefficient (Wildman–Crippen LogP) is 4.26. The minimum Gasteiger partial charge on any atom is -0.400 e. The topological polar surface area (TPSA) is 35.5 Å². The van der Waals surface area contributed by atoms with Crippen LogP contribution in [0.3, 0.4) is 0 Å². The highest BCUT2D eigenvalue weighted by Gasteiger charge is 2.52. The molecule has 1 aliphatic rings. The molecule has 0 saturated carbocycles. The van der Waals surface area contributed by atoms with Crippen LogP contribution in [-0.4, -0.2) is 29.2 Å². The summed E-state index contributed by atoms with van der Waals surface area (Å²) in [5.74, 6) is -1.00. The molecule has 1 saturated heterocycles. The Morgan fingerprint density at radius 3 is 2.29 bits per heavy atom. The van der Waals surface area contributed by atoms with Gasteiger partial charge < -0.3 is 9.31 Å². The van der Waals surface area contributed by atoms with Crippen LogP contribution in [0, 0.1) is 11.6 Å². The van der Waals surface area contributed by atoms with Crippen LogP contribution in [0.4, 0.5) is 8.78 Å². The molecular formula is C17H21BF2O3S. The molecule has 2 rings (SSSR count). The third-order valence-corrected chi connectivity index (χ3v) is 5.19. The van der Waals surface area contributed by atoms with Gasteiger partial charge in [-0.3, -0.25) is 4.79 Å². The Hall–Kier alpha value is -1.18. The molecule has 1 heterocycles. The maximum absolute atomic E-state index is 14.0. The van der Waals surface area contributed by atoms with E-state index in [0.29, 0.717) is 11.2 Å². The SMILES string of the molecule is CC(=O)SCC(=Cc1ccc(F)cc1F)B1OC(C)(C)C(C)(C)O1. The van der Waals surface area contributed by atoms with E-state index in [9.17, 15) is 13.6 Å². The molecule has 0 aromatic heterocycles. The van der Waals surface area contributed by atoms with Gasteiger partial charge in [-0.15, -0.1) is 0 Å². The highest BCUT2D eigenvalue weighted by molar-refractivity contribution is 8.13. The normalized spacial score (nSPS) is 19.6. The van der Waals surface area contributed by atoms with E-state index in [4.69, 9.17) is 9.31 Å². The van der Waals surface area contributed by atoms with Crippen LogP contribution < -0.4 is 0 Å². The lowest BCUT2D eigenvalue weighted by atomic mass is 9.78. The van der Waals surface area contributed by atoms with Crippen LogP contribution in [0.5, 0.6) is 0 Å². The van der Waals surface area contributed by atoms with Crippen molar-refractivity contribution >= 4 is 30.1 Å². The Bertz CT molecular complexity index is 658. The number of benzene rings is 1. The van der Waals surface area contributed by atoms with E-state index >= 15 is 0 Å². The molecule has 0 aliphatic carbocycles. The van der Waals surface area contributed by atoms with E-state index in [0.717, 1.165) is 17.8 Å². The van der Waals surface area contributed by atoms with E-state index in [-0.39, 0.29) is 10.7 Å². The first-order chi connectivity index (χ1) is 11.0. The van der Waals surface area contributed by atoms with Crippen molar-refractivity contribution in [1.29, 1.82) is 0 Å².